The zero-order valence-corrected chi connectivity index (χ0v) is 8.95. The first-order valence-electron chi connectivity index (χ1n) is 2.12. The molecule has 2 N–H and O–H groups in total. The Morgan fingerprint density at radius 3 is 1.33 bits per heavy atom. The van der Waals surface area contributed by atoms with Gasteiger partial charge in [-0.1, -0.05) is 20.8 Å². The van der Waals surface area contributed by atoms with Crippen LogP contribution in [0.15, 0.2) is 0 Å². The standard InChI is InChI=1S/C2H7N.C2H6.U/c1-2-3;1-2;/h2-3H2,1H3;1-2H3;. The van der Waals surface area contributed by atoms with Gasteiger partial charge in [0.15, 0.2) is 0 Å². The van der Waals surface area contributed by atoms with Gasteiger partial charge >= 0.3 is 0 Å². The third-order valence-corrected chi connectivity index (χ3v) is 0. The molecular formula is C4H13NU. The van der Waals surface area contributed by atoms with Crippen molar-refractivity contribution in [2.45, 2.75) is 20.8 Å². The summed E-state index contributed by atoms with van der Waals surface area (Å²) in [4.78, 5) is 0. The van der Waals surface area contributed by atoms with E-state index in [1.54, 1.807) is 0 Å². The Hall–Kier alpha value is 1.01. The van der Waals surface area contributed by atoms with Crippen molar-refractivity contribution < 1.29 is 31.1 Å². The molecule has 0 saturated carbocycles. The first kappa shape index (κ1) is 15.7. The third kappa shape index (κ3) is 78.8. The summed E-state index contributed by atoms with van der Waals surface area (Å²) in [6.07, 6.45) is 0. The van der Waals surface area contributed by atoms with E-state index in [0.717, 1.165) is 6.54 Å². The van der Waals surface area contributed by atoms with Crippen molar-refractivity contribution in [1.82, 2.24) is 0 Å². The van der Waals surface area contributed by atoms with Crippen LogP contribution in [-0.2, 0) is 0 Å². The Morgan fingerprint density at radius 1 is 1.33 bits per heavy atom. The maximum atomic E-state index is 4.85. The van der Waals surface area contributed by atoms with E-state index in [1.165, 1.54) is 0 Å². The second-order valence-corrected chi connectivity index (χ2v) is 0.408. The number of hydrogen-bond donors (Lipinski definition) is 1. The number of nitrogens with two attached hydrogens (primary N) is 1. The van der Waals surface area contributed by atoms with Gasteiger partial charge in [-0.15, -0.1) is 0 Å². The first-order valence-corrected chi connectivity index (χ1v) is 2.12. The van der Waals surface area contributed by atoms with Crippen molar-refractivity contribution in [2.24, 2.45) is 5.73 Å². The predicted octanol–water partition coefficient (Wildman–Crippen LogP) is 0.991. The minimum atomic E-state index is 0. The van der Waals surface area contributed by atoms with E-state index in [4.69, 9.17) is 5.73 Å². The molecule has 0 saturated heterocycles. The van der Waals surface area contributed by atoms with Gasteiger partial charge in [0.1, 0.15) is 0 Å². The molecule has 0 spiro atoms. The molecule has 1 nitrogen and oxygen atoms in total. The van der Waals surface area contributed by atoms with Crippen LogP contribution in [0, 0.1) is 31.1 Å². The average Bonchev–Trinajstić information content (AvgIpc) is 1.46. The van der Waals surface area contributed by atoms with Crippen LogP contribution in [-0.4, -0.2) is 6.54 Å². The van der Waals surface area contributed by atoms with Crippen molar-refractivity contribution in [3.8, 4) is 0 Å². The van der Waals surface area contributed by atoms with Crippen molar-refractivity contribution in [3.05, 3.63) is 0 Å². The maximum Gasteiger partial charge on any atom is 0 e. The molecule has 2 heteroatoms. The van der Waals surface area contributed by atoms with Gasteiger partial charge in [0, 0.05) is 31.1 Å². The molecule has 0 aliphatic heterocycles. The molecule has 0 atom stereocenters. The van der Waals surface area contributed by atoms with Crippen LogP contribution in [0.25, 0.3) is 0 Å². The average molecular weight is 313 g/mol. The fourth-order valence-electron chi connectivity index (χ4n) is 0. The zero-order valence-electron chi connectivity index (χ0n) is 4.78. The van der Waals surface area contributed by atoms with Crippen molar-refractivity contribution in [2.75, 3.05) is 6.54 Å². The van der Waals surface area contributed by atoms with Gasteiger partial charge in [0.2, 0.25) is 0 Å². The summed E-state index contributed by atoms with van der Waals surface area (Å²) in [7, 11) is 0. The molecule has 0 aliphatic carbocycles. The van der Waals surface area contributed by atoms with E-state index < -0.39 is 0 Å². The van der Waals surface area contributed by atoms with Crippen LogP contribution in [0.3, 0.4) is 0 Å². The van der Waals surface area contributed by atoms with Gasteiger partial charge in [-0.25, -0.2) is 0 Å². The summed E-state index contributed by atoms with van der Waals surface area (Å²) >= 11 is 0. The summed E-state index contributed by atoms with van der Waals surface area (Å²) in [6, 6.07) is 0. The van der Waals surface area contributed by atoms with Crippen molar-refractivity contribution in [1.29, 1.82) is 0 Å². The first-order chi connectivity index (χ1) is 2.41. The monoisotopic (exact) mass is 313 g/mol. The Balaban J connectivity index is -0.0000000275. The van der Waals surface area contributed by atoms with Crippen LogP contribution >= 0.6 is 0 Å². The molecule has 0 aromatic carbocycles. The van der Waals surface area contributed by atoms with E-state index in [0.29, 0.717) is 0 Å². The molecule has 0 aliphatic rings. The van der Waals surface area contributed by atoms with E-state index in [1.807, 2.05) is 20.8 Å². The van der Waals surface area contributed by atoms with Gasteiger partial charge < -0.3 is 5.73 Å². The molecule has 0 aromatic rings. The molecule has 0 fully saturated rings. The number of hydrogen-bond acceptors (Lipinski definition) is 1. The minimum absolute atomic E-state index is 0. The molecule has 6 heavy (non-hydrogen) atoms. The van der Waals surface area contributed by atoms with Crippen LogP contribution in [0.5, 0.6) is 0 Å². The predicted molar refractivity (Wildman–Crippen MR) is 26.1 cm³/mol. The fraction of sp³-hybridized carbons (Fsp3) is 1.00. The van der Waals surface area contributed by atoms with Gasteiger partial charge in [0.05, 0.1) is 0 Å². The maximum absolute atomic E-state index is 4.85. The topological polar surface area (TPSA) is 26.0 Å². The summed E-state index contributed by atoms with van der Waals surface area (Å²) in [5.41, 5.74) is 4.85. The normalized spacial score (nSPS) is 4.00. The minimum Gasteiger partial charge on any atom is -0.331 e. The molecule has 0 unspecified atom stereocenters. The summed E-state index contributed by atoms with van der Waals surface area (Å²) in [6.45, 7) is 6.65. The Kier molecular flexibility index (Phi) is 97.9. The molecule has 0 amide bonds. The van der Waals surface area contributed by atoms with E-state index in [9.17, 15) is 0 Å². The van der Waals surface area contributed by atoms with Crippen molar-refractivity contribution in [3.63, 3.8) is 0 Å². The molecule has 0 bridgehead atoms. The molecule has 0 rings (SSSR count). The number of rotatable bonds is 0. The molecular weight excluding hydrogens is 300 g/mol. The fourth-order valence-corrected chi connectivity index (χ4v) is 0. The second kappa shape index (κ2) is 37.3. The zero-order chi connectivity index (χ0) is 4.71. The quantitative estimate of drug-likeness (QED) is 0.709. The largest absolute Gasteiger partial charge is 0.331 e. The summed E-state index contributed by atoms with van der Waals surface area (Å²) in [5, 5.41) is 0. The van der Waals surface area contributed by atoms with Gasteiger partial charge in [-0.3, -0.25) is 0 Å². The second-order valence-electron chi connectivity index (χ2n) is 0.408. The van der Waals surface area contributed by atoms with Crippen LogP contribution < -0.4 is 5.73 Å². The third-order valence-electron chi connectivity index (χ3n) is 0. The van der Waals surface area contributed by atoms with Crippen molar-refractivity contribution >= 4 is 0 Å². The van der Waals surface area contributed by atoms with E-state index in [2.05, 4.69) is 0 Å². The smallest absolute Gasteiger partial charge is 0 e. The van der Waals surface area contributed by atoms with Crippen LogP contribution in [0.1, 0.15) is 20.8 Å². The molecule has 38 valence electrons. The van der Waals surface area contributed by atoms with E-state index in [-0.39, 0.29) is 31.1 Å². The van der Waals surface area contributed by atoms with Gasteiger partial charge in [-0.2, -0.15) is 0 Å². The summed E-state index contributed by atoms with van der Waals surface area (Å²) < 4.78 is 0. The molecule has 0 radical (unpaired) electrons. The summed E-state index contributed by atoms with van der Waals surface area (Å²) in [5.74, 6) is 0. The van der Waals surface area contributed by atoms with E-state index >= 15 is 0 Å². The van der Waals surface area contributed by atoms with Gasteiger partial charge in [-0.05, 0) is 6.54 Å². The molecule has 0 aromatic heterocycles. The SMILES string of the molecule is CC.CCN.[U]. The van der Waals surface area contributed by atoms with Crippen LogP contribution in [0.4, 0.5) is 0 Å². The van der Waals surface area contributed by atoms with Crippen LogP contribution in [0.2, 0.25) is 0 Å². The Bertz CT molecular complexity index is 7.51. The van der Waals surface area contributed by atoms with Gasteiger partial charge in [0.25, 0.3) is 0 Å². The molecule has 0 heterocycles. The Labute approximate surface area is 64.1 Å². The Morgan fingerprint density at radius 2 is 1.33 bits per heavy atom.